The van der Waals surface area contributed by atoms with Crippen LogP contribution in [-0.4, -0.2) is 14.3 Å². The van der Waals surface area contributed by atoms with Gasteiger partial charge in [0.1, 0.15) is 5.84 Å². The van der Waals surface area contributed by atoms with E-state index in [0.717, 1.165) is 30.6 Å². The number of hydrogen-bond donors (Lipinski definition) is 1. The quantitative estimate of drug-likeness (QED) is 0.645. The summed E-state index contributed by atoms with van der Waals surface area (Å²) in [6.07, 6.45) is 3.20. The van der Waals surface area contributed by atoms with Crippen molar-refractivity contribution >= 4 is 44.5 Å². The van der Waals surface area contributed by atoms with E-state index >= 15 is 0 Å². The number of fused-ring (bicyclic) bond motifs is 1. The van der Waals surface area contributed by atoms with Crippen molar-refractivity contribution in [3.8, 4) is 0 Å². The molecule has 0 saturated heterocycles. The summed E-state index contributed by atoms with van der Waals surface area (Å²) in [5, 5.41) is 1.33. The van der Waals surface area contributed by atoms with E-state index in [2.05, 4.69) is 16.5 Å². The second-order valence-electron chi connectivity index (χ2n) is 5.27. The lowest BCUT2D eigenvalue weighted by Crippen LogP contribution is -2.40. The second kappa shape index (κ2) is 6.60. The number of rotatable bonds is 5. The zero-order valence-corrected chi connectivity index (χ0v) is 14.7. The van der Waals surface area contributed by atoms with Crippen molar-refractivity contribution in [3.05, 3.63) is 46.3 Å². The summed E-state index contributed by atoms with van der Waals surface area (Å²) in [4.78, 5) is 0. The average Bonchev–Trinajstić information content (AvgIpc) is 2.93. The minimum Gasteiger partial charge on any atom is -0.263 e. The lowest BCUT2D eigenvalue weighted by Gasteiger charge is -2.24. The van der Waals surface area contributed by atoms with Crippen molar-refractivity contribution in [3.63, 3.8) is 0 Å². The van der Waals surface area contributed by atoms with E-state index in [0.29, 0.717) is 22.3 Å². The number of hydrazine groups is 1. The molecule has 1 aromatic heterocycles. The van der Waals surface area contributed by atoms with E-state index in [1.165, 1.54) is 10.6 Å². The number of nitrogens with two attached hydrogens (primary N) is 1. The molecule has 0 amide bonds. The maximum atomic E-state index is 12.2. The summed E-state index contributed by atoms with van der Waals surface area (Å²) in [7, 11) is -3.69. The number of aryl methyl sites for hydroxylation is 1. The molecule has 1 aliphatic rings. The molecule has 0 atom stereocenters. The van der Waals surface area contributed by atoms with Crippen LogP contribution in [0.2, 0.25) is 4.34 Å². The highest BCUT2D eigenvalue weighted by Gasteiger charge is 2.31. The zero-order valence-electron chi connectivity index (χ0n) is 12.3. The molecule has 0 unspecified atom stereocenters. The van der Waals surface area contributed by atoms with Crippen LogP contribution >= 0.6 is 22.9 Å². The van der Waals surface area contributed by atoms with Gasteiger partial charge in [-0.2, -0.15) is 8.42 Å². The van der Waals surface area contributed by atoms with Gasteiger partial charge < -0.3 is 0 Å². The predicted octanol–water partition coefficient (Wildman–Crippen LogP) is 3.60. The Balaban J connectivity index is 1.65. The maximum Gasteiger partial charge on any atom is 0.295 e. The van der Waals surface area contributed by atoms with E-state index < -0.39 is 10.0 Å². The van der Waals surface area contributed by atoms with Crippen molar-refractivity contribution in [2.45, 2.75) is 29.9 Å². The van der Waals surface area contributed by atoms with Crippen molar-refractivity contribution in [2.75, 3.05) is 5.01 Å². The number of benzene rings is 1. The topological polar surface area (TPSA) is 75.8 Å². The third-order valence-corrected chi connectivity index (χ3v) is 6.66. The predicted molar refractivity (Wildman–Crippen MR) is 94.6 cm³/mol. The molecule has 2 N–H and O–H groups in total. The van der Waals surface area contributed by atoms with E-state index in [1.54, 1.807) is 6.07 Å². The molecule has 5 nitrogen and oxygen atoms in total. The number of nitrogens with zero attached hydrogens (tertiary/aromatic N) is 2. The lowest BCUT2D eigenvalue weighted by atomic mass is 10.1. The Morgan fingerprint density at radius 1 is 1.17 bits per heavy atom. The molecule has 122 valence electrons. The maximum absolute atomic E-state index is 12.2. The Morgan fingerprint density at radius 2 is 1.87 bits per heavy atom. The van der Waals surface area contributed by atoms with Crippen LogP contribution in [0, 0.1) is 0 Å². The van der Waals surface area contributed by atoms with Crippen LogP contribution in [0.4, 0.5) is 5.69 Å². The van der Waals surface area contributed by atoms with Gasteiger partial charge in [0.2, 0.25) is 0 Å². The van der Waals surface area contributed by atoms with Gasteiger partial charge in [-0.15, -0.1) is 15.7 Å². The van der Waals surface area contributed by atoms with Crippen LogP contribution in [-0.2, 0) is 16.4 Å². The number of halogens is 1. The van der Waals surface area contributed by atoms with Gasteiger partial charge in [0.05, 0.1) is 10.0 Å². The molecular formula is C15H16ClN3O2S2. The monoisotopic (exact) mass is 369 g/mol. The Morgan fingerprint density at radius 3 is 2.61 bits per heavy atom. The lowest BCUT2D eigenvalue weighted by molar-refractivity contribution is 0.598. The van der Waals surface area contributed by atoms with Gasteiger partial charge in [0, 0.05) is 6.42 Å². The number of unbranched alkanes of at least 4 members (excludes halogenated alkanes) is 1. The third-order valence-electron chi connectivity index (χ3n) is 3.61. The third kappa shape index (κ3) is 3.58. The van der Waals surface area contributed by atoms with Gasteiger partial charge >= 0.3 is 0 Å². The first kappa shape index (κ1) is 16.4. The summed E-state index contributed by atoms with van der Waals surface area (Å²) in [6, 6.07) is 11.7. The smallest absolute Gasteiger partial charge is 0.263 e. The van der Waals surface area contributed by atoms with E-state index in [9.17, 15) is 8.42 Å². The fourth-order valence-electron chi connectivity index (χ4n) is 2.48. The number of sulfonamides is 1. The Bertz CT molecular complexity index is 832. The molecule has 2 aromatic rings. The highest BCUT2D eigenvalue weighted by Crippen LogP contribution is 2.40. The Labute approximate surface area is 144 Å². The average molecular weight is 370 g/mol. The number of anilines is 1. The summed E-state index contributed by atoms with van der Waals surface area (Å²) in [5.74, 6) is 6.37. The minimum atomic E-state index is -3.69. The molecule has 8 heteroatoms. The molecule has 0 radical (unpaired) electrons. The van der Waals surface area contributed by atoms with Gasteiger partial charge in [0.25, 0.3) is 10.0 Å². The van der Waals surface area contributed by atoms with E-state index in [1.807, 2.05) is 18.2 Å². The van der Waals surface area contributed by atoms with Crippen LogP contribution in [0.5, 0.6) is 0 Å². The normalized spacial score (nSPS) is 16.1. The van der Waals surface area contributed by atoms with Gasteiger partial charge in [-0.3, -0.25) is 5.01 Å². The summed E-state index contributed by atoms with van der Waals surface area (Å²) >= 11 is 6.88. The summed E-state index contributed by atoms with van der Waals surface area (Å²) < 4.78 is 28.7. The Hall–Kier alpha value is -1.41. The molecule has 1 aromatic carbocycles. The number of amidine groups is 1. The summed E-state index contributed by atoms with van der Waals surface area (Å²) in [6.45, 7) is 0. The van der Waals surface area contributed by atoms with Gasteiger partial charge in [-0.05, 0) is 30.9 Å². The molecule has 23 heavy (non-hydrogen) atoms. The second-order valence-corrected chi connectivity index (χ2v) is 8.75. The van der Waals surface area contributed by atoms with Gasteiger partial charge in [-0.1, -0.05) is 41.9 Å². The van der Waals surface area contributed by atoms with Crippen molar-refractivity contribution in [1.82, 2.24) is 0 Å². The molecule has 0 spiro atoms. The molecule has 1 aliphatic heterocycles. The van der Waals surface area contributed by atoms with Crippen molar-refractivity contribution in [1.29, 1.82) is 0 Å². The Kier molecular flexibility index (Phi) is 4.72. The zero-order chi connectivity index (χ0) is 16.4. The van der Waals surface area contributed by atoms with Crippen LogP contribution in [0.15, 0.2) is 45.0 Å². The van der Waals surface area contributed by atoms with Crippen LogP contribution in [0.25, 0.3) is 0 Å². The van der Waals surface area contributed by atoms with E-state index in [-0.39, 0.29) is 4.21 Å². The van der Waals surface area contributed by atoms with Crippen LogP contribution < -0.4 is 10.9 Å². The minimum absolute atomic E-state index is 0.109. The molecular weight excluding hydrogens is 354 g/mol. The first-order valence-electron chi connectivity index (χ1n) is 7.19. The van der Waals surface area contributed by atoms with Gasteiger partial charge in [-0.25, -0.2) is 5.84 Å². The molecule has 0 fully saturated rings. The van der Waals surface area contributed by atoms with Crippen molar-refractivity contribution in [2.24, 2.45) is 10.2 Å². The highest BCUT2D eigenvalue weighted by molar-refractivity contribution is 7.92. The molecule has 2 heterocycles. The molecule has 0 saturated carbocycles. The number of thiophene rings is 1. The highest BCUT2D eigenvalue weighted by atomic mass is 35.5. The fourth-order valence-corrected chi connectivity index (χ4v) is 5.32. The molecule has 0 bridgehead atoms. The van der Waals surface area contributed by atoms with Gasteiger partial charge in [0.15, 0.2) is 4.21 Å². The molecule has 3 rings (SSSR count). The van der Waals surface area contributed by atoms with E-state index in [4.69, 9.17) is 17.4 Å². The molecule has 0 aliphatic carbocycles. The van der Waals surface area contributed by atoms with Crippen LogP contribution in [0.3, 0.4) is 0 Å². The SMILES string of the molecule is NN1C(CCCCc2ccccc2)=NS(=O)(=O)c2sc(Cl)cc21. The fraction of sp³-hybridized carbons (Fsp3) is 0.267. The first-order valence-corrected chi connectivity index (χ1v) is 9.83. The standard InChI is InChI=1S/C15H16ClN3O2S2/c16-13-10-12-15(22-13)23(20,21)18-14(19(12)17)9-5-4-8-11-6-2-1-3-7-11/h1-3,6-7,10H,4-5,8-9,17H2. The summed E-state index contributed by atoms with van der Waals surface area (Å²) in [5.41, 5.74) is 1.68. The van der Waals surface area contributed by atoms with Crippen molar-refractivity contribution < 1.29 is 8.42 Å². The van der Waals surface area contributed by atoms with Crippen LogP contribution in [0.1, 0.15) is 24.8 Å². The largest absolute Gasteiger partial charge is 0.295 e. The first-order chi connectivity index (χ1) is 11.0. The number of hydrogen-bond acceptors (Lipinski definition) is 5.